The molecule has 4 aromatic rings. The van der Waals surface area contributed by atoms with Crippen LogP contribution in [0.15, 0.2) is 108 Å². The topological polar surface area (TPSA) is 96.0 Å². The molecule has 0 spiro atoms. The Morgan fingerprint density at radius 2 is 1.40 bits per heavy atom. The van der Waals surface area contributed by atoms with E-state index in [0.717, 1.165) is 27.4 Å². The van der Waals surface area contributed by atoms with Gasteiger partial charge in [0.25, 0.3) is 10.0 Å². The van der Waals surface area contributed by atoms with Crippen LogP contribution < -0.4 is 14.4 Å². The van der Waals surface area contributed by atoms with Gasteiger partial charge >= 0.3 is 0 Å². The molecule has 0 fully saturated rings. The van der Waals surface area contributed by atoms with Crippen molar-refractivity contribution in [2.24, 2.45) is 0 Å². The molecule has 0 saturated heterocycles. The molecule has 0 heterocycles. The fourth-order valence-electron chi connectivity index (χ4n) is 4.69. The molecular weight excluding hydrogens is 586 g/mol. The third kappa shape index (κ3) is 8.51. The van der Waals surface area contributed by atoms with Gasteiger partial charge in [-0.25, -0.2) is 8.42 Å². The zero-order chi connectivity index (χ0) is 32.6. The number of hydrogen-bond acceptors (Lipinski definition) is 5. The number of benzene rings is 4. The van der Waals surface area contributed by atoms with Gasteiger partial charge in [0.15, 0.2) is 0 Å². The van der Waals surface area contributed by atoms with Crippen LogP contribution in [0.4, 0.5) is 5.69 Å². The van der Waals surface area contributed by atoms with Crippen molar-refractivity contribution >= 4 is 27.5 Å². The number of carbonyl (C=O) groups is 2. The number of sulfonamides is 1. The number of nitrogens with zero attached hydrogens (tertiary/aromatic N) is 2. The van der Waals surface area contributed by atoms with E-state index >= 15 is 0 Å². The van der Waals surface area contributed by atoms with Gasteiger partial charge < -0.3 is 15.0 Å². The molecule has 0 aliphatic carbocycles. The summed E-state index contributed by atoms with van der Waals surface area (Å²) in [6, 6.07) is 29.0. The Morgan fingerprint density at radius 1 is 0.800 bits per heavy atom. The summed E-state index contributed by atoms with van der Waals surface area (Å²) in [5, 5.41) is 2.96. The van der Waals surface area contributed by atoms with Gasteiger partial charge in [-0.1, -0.05) is 67.1 Å². The standard InChI is InChI=1S/C36H41N3O5S/c1-6-28(4)37-36(41)29(5)38(24-30-13-11-10-12-27(30)3)35(40)25-39(45(42,43)34-22-16-26(2)17-23-34)31-18-20-33(21-19-31)44-32-14-8-7-9-15-32/h7-23,28-29H,6,24-25H2,1-5H3,(H,37,41)/t28-,29-/m1/s1. The molecule has 236 valence electrons. The summed E-state index contributed by atoms with van der Waals surface area (Å²) in [5.41, 5.74) is 3.02. The molecule has 4 rings (SSSR count). The highest BCUT2D eigenvalue weighted by Gasteiger charge is 2.33. The van der Waals surface area contributed by atoms with Gasteiger partial charge in [-0.2, -0.15) is 0 Å². The summed E-state index contributed by atoms with van der Waals surface area (Å²) >= 11 is 0. The van der Waals surface area contributed by atoms with E-state index in [1.54, 1.807) is 43.3 Å². The molecule has 1 N–H and O–H groups in total. The van der Waals surface area contributed by atoms with E-state index in [9.17, 15) is 18.0 Å². The van der Waals surface area contributed by atoms with Crippen LogP contribution in [0, 0.1) is 13.8 Å². The molecule has 8 nitrogen and oxygen atoms in total. The maximum Gasteiger partial charge on any atom is 0.264 e. The lowest BCUT2D eigenvalue weighted by Crippen LogP contribution is -2.52. The summed E-state index contributed by atoms with van der Waals surface area (Å²) in [4.78, 5) is 29.0. The normalized spacial score (nSPS) is 12.6. The van der Waals surface area contributed by atoms with Crippen molar-refractivity contribution in [2.45, 2.75) is 64.6 Å². The average Bonchev–Trinajstić information content (AvgIpc) is 3.03. The smallest absolute Gasteiger partial charge is 0.264 e. The number of para-hydroxylation sites is 1. The Labute approximate surface area is 266 Å². The molecule has 2 amide bonds. The number of anilines is 1. The predicted octanol–water partition coefficient (Wildman–Crippen LogP) is 6.62. The fourth-order valence-corrected chi connectivity index (χ4v) is 6.10. The highest BCUT2D eigenvalue weighted by molar-refractivity contribution is 7.92. The van der Waals surface area contributed by atoms with Crippen molar-refractivity contribution in [3.63, 3.8) is 0 Å². The van der Waals surface area contributed by atoms with Gasteiger partial charge in [-0.15, -0.1) is 0 Å². The molecule has 0 aromatic heterocycles. The average molecular weight is 628 g/mol. The number of nitrogens with one attached hydrogen (secondary N) is 1. The van der Waals surface area contributed by atoms with Crippen molar-refractivity contribution in [2.75, 3.05) is 10.8 Å². The number of ether oxygens (including phenoxy) is 1. The molecule has 45 heavy (non-hydrogen) atoms. The lowest BCUT2D eigenvalue weighted by atomic mass is 10.1. The molecule has 0 saturated carbocycles. The van der Waals surface area contributed by atoms with Crippen molar-refractivity contribution in [1.82, 2.24) is 10.2 Å². The maximum absolute atomic E-state index is 14.2. The van der Waals surface area contributed by atoms with Gasteiger partial charge in [-0.3, -0.25) is 13.9 Å². The number of carbonyl (C=O) groups excluding carboxylic acids is 2. The van der Waals surface area contributed by atoms with E-state index in [1.807, 2.05) is 82.3 Å². The van der Waals surface area contributed by atoms with Gasteiger partial charge in [-0.05, 0) is 93.8 Å². The molecule has 0 radical (unpaired) electrons. The third-order valence-electron chi connectivity index (χ3n) is 7.76. The lowest BCUT2D eigenvalue weighted by Gasteiger charge is -2.32. The molecule has 2 atom stereocenters. The van der Waals surface area contributed by atoms with E-state index < -0.39 is 28.5 Å². The number of rotatable bonds is 13. The zero-order valence-electron chi connectivity index (χ0n) is 26.4. The summed E-state index contributed by atoms with van der Waals surface area (Å²) in [5.74, 6) is 0.341. The molecular formula is C36H41N3O5S. The maximum atomic E-state index is 14.2. The van der Waals surface area contributed by atoms with Crippen LogP contribution in [0.5, 0.6) is 11.5 Å². The molecule has 9 heteroatoms. The first-order valence-corrected chi connectivity index (χ1v) is 16.5. The first kappa shape index (κ1) is 33.3. The van der Waals surface area contributed by atoms with Crippen molar-refractivity contribution in [3.8, 4) is 11.5 Å². The molecule has 0 bridgehead atoms. The van der Waals surface area contributed by atoms with Gasteiger partial charge in [0.2, 0.25) is 11.8 Å². The van der Waals surface area contributed by atoms with Crippen LogP contribution in [0.2, 0.25) is 0 Å². The molecule has 4 aromatic carbocycles. The Morgan fingerprint density at radius 3 is 2.02 bits per heavy atom. The van der Waals surface area contributed by atoms with Crippen LogP contribution >= 0.6 is 0 Å². The van der Waals surface area contributed by atoms with Gasteiger partial charge in [0.1, 0.15) is 24.1 Å². The Bertz CT molecular complexity index is 1690. The van der Waals surface area contributed by atoms with Gasteiger partial charge in [0.05, 0.1) is 10.6 Å². The zero-order valence-corrected chi connectivity index (χ0v) is 27.3. The summed E-state index contributed by atoms with van der Waals surface area (Å²) < 4.78 is 35.2. The summed E-state index contributed by atoms with van der Waals surface area (Å²) in [7, 11) is -4.18. The number of aryl methyl sites for hydroxylation is 2. The molecule has 0 unspecified atom stereocenters. The Hall–Kier alpha value is -4.63. The summed E-state index contributed by atoms with van der Waals surface area (Å²) in [6.07, 6.45) is 0.733. The van der Waals surface area contributed by atoms with E-state index in [4.69, 9.17) is 4.74 Å². The molecule has 0 aliphatic rings. The van der Waals surface area contributed by atoms with E-state index in [-0.39, 0.29) is 29.1 Å². The van der Waals surface area contributed by atoms with E-state index in [1.165, 1.54) is 17.0 Å². The lowest BCUT2D eigenvalue weighted by molar-refractivity contribution is -0.139. The second kappa shape index (κ2) is 14.9. The highest BCUT2D eigenvalue weighted by Crippen LogP contribution is 2.29. The van der Waals surface area contributed by atoms with Crippen LogP contribution in [-0.4, -0.2) is 43.8 Å². The quantitative estimate of drug-likeness (QED) is 0.180. The fraction of sp³-hybridized carbons (Fsp3) is 0.278. The third-order valence-corrected chi connectivity index (χ3v) is 9.55. The minimum atomic E-state index is -4.18. The predicted molar refractivity (Wildman–Crippen MR) is 178 cm³/mol. The number of hydrogen-bond donors (Lipinski definition) is 1. The van der Waals surface area contributed by atoms with E-state index in [0.29, 0.717) is 11.5 Å². The SMILES string of the molecule is CC[C@@H](C)NC(=O)[C@@H](C)N(Cc1ccccc1C)C(=O)CN(c1ccc(Oc2ccccc2)cc1)S(=O)(=O)c1ccc(C)cc1. The number of amides is 2. The second-order valence-corrected chi connectivity index (χ2v) is 13.0. The van der Waals surface area contributed by atoms with Crippen LogP contribution in [0.3, 0.4) is 0 Å². The van der Waals surface area contributed by atoms with Crippen LogP contribution in [0.25, 0.3) is 0 Å². The van der Waals surface area contributed by atoms with Gasteiger partial charge in [0, 0.05) is 12.6 Å². The largest absolute Gasteiger partial charge is 0.457 e. The summed E-state index contributed by atoms with van der Waals surface area (Å²) in [6.45, 7) is 8.98. The minimum absolute atomic E-state index is 0.0542. The highest BCUT2D eigenvalue weighted by atomic mass is 32.2. The van der Waals surface area contributed by atoms with E-state index in [2.05, 4.69) is 5.32 Å². The first-order valence-electron chi connectivity index (χ1n) is 15.1. The van der Waals surface area contributed by atoms with Crippen LogP contribution in [0.1, 0.15) is 43.9 Å². The Balaban J connectivity index is 1.71. The second-order valence-electron chi connectivity index (χ2n) is 11.2. The van der Waals surface area contributed by atoms with Crippen molar-refractivity contribution in [3.05, 3.63) is 120 Å². The molecule has 0 aliphatic heterocycles. The van der Waals surface area contributed by atoms with Crippen molar-refractivity contribution in [1.29, 1.82) is 0 Å². The monoisotopic (exact) mass is 627 g/mol. The Kier molecular flexibility index (Phi) is 11.0. The minimum Gasteiger partial charge on any atom is -0.457 e. The van der Waals surface area contributed by atoms with Crippen LogP contribution in [-0.2, 0) is 26.2 Å². The van der Waals surface area contributed by atoms with Crippen molar-refractivity contribution < 1.29 is 22.7 Å². The first-order chi connectivity index (χ1) is 21.5.